The second-order valence-corrected chi connectivity index (χ2v) is 5.97. The molecule has 1 aromatic carbocycles. The summed E-state index contributed by atoms with van der Waals surface area (Å²) in [6.07, 6.45) is 2.10. The molecular formula is C16H22N2O3. The van der Waals surface area contributed by atoms with Crippen LogP contribution in [-0.4, -0.2) is 34.6 Å². The van der Waals surface area contributed by atoms with Crippen LogP contribution in [0.15, 0.2) is 18.2 Å². The molecule has 2 amide bonds. The molecule has 0 saturated carbocycles. The maximum absolute atomic E-state index is 12.4. The van der Waals surface area contributed by atoms with E-state index in [9.17, 15) is 14.7 Å². The number of amides is 2. The maximum Gasteiger partial charge on any atom is 0.337 e. The minimum atomic E-state index is -1.03. The molecule has 1 aliphatic rings. The fourth-order valence-corrected chi connectivity index (χ4v) is 2.70. The summed E-state index contributed by atoms with van der Waals surface area (Å²) in [6, 6.07) is 4.97. The Bertz CT molecular complexity index is 556. The van der Waals surface area contributed by atoms with E-state index in [0.29, 0.717) is 18.2 Å². The van der Waals surface area contributed by atoms with Crippen LogP contribution in [0.1, 0.15) is 42.6 Å². The van der Waals surface area contributed by atoms with Crippen LogP contribution in [0.25, 0.3) is 0 Å². The number of nitrogens with zero attached hydrogens (tertiary/aromatic N) is 1. The largest absolute Gasteiger partial charge is 0.478 e. The average Bonchev–Trinajstić information content (AvgIpc) is 2.43. The van der Waals surface area contributed by atoms with E-state index in [1.807, 2.05) is 13.8 Å². The molecule has 0 radical (unpaired) electrons. The summed E-state index contributed by atoms with van der Waals surface area (Å²) in [5.74, 6) is -0.557. The van der Waals surface area contributed by atoms with Crippen LogP contribution in [0.4, 0.5) is 10.5 Å². The van der Waals surface area contributed by atoms with Gasteiger partial charge in [-0.15, -0.1) is 0 Å². The molecule has 2 atom stereocenters. The molecule has 0 bridgehead atoms. The third-order valence-corrected chi connectivity index (χ3v) is 4.03. The number of hydrogen-bond donors (Lipinski definition) is 2. The molecule has 1 saturated heterocycles. The number of benzene rings is 1. The molecule has 1 aromatic rings. The lowest BCUT2D eigenvalue weighted by atomic mass is 9.95. The standard InChI is InChI=1S/C16H22N2O3/c1-10-5-7-14(13(8-10)15(19)20)17-16(21)18-9-11(2)4-6-12(18)3/h5,7-8,11-12H,4,6,9H2,1-3H3,(H,17,21)(H,19,20). The number of carboxylic acid groups (broad SMARTS) is 1. The van der Waals surface area contributed by atoms with E-state index in [0.717, 1.165) is 18.4 Å². The van der Waals surface area contributed by atoms with Crippen molar-refractivity contribution in [1.29, 1.82) is 0 Å². The molecule has 0 aromatic heterocycles. The average molecular weight is 290 g/mol. The van der Waals surface area contributed by atoms with Crippen molar-refractivity contribution >= 4 is 17.7 Å². The molecule has 2 N–H and O–H groups in total. The van der Waals surface area contributed by atoms with Crippen LogP contribution in [0, 0.1) is 12.8 Å². The number of nitrogens with one attached hydrogen (secondary N) is 1. The first-order valence-electron chi connectivity index (χ1n) is 7.30. The van der Waals surface area contributed by atoms with Crippen LogP contribution >= 0.6 is 0 Å². The number of piperidine rings is 1. The summed E-state index contributed by atoms with van der Waals surface area (Å²) in [5.41, 5.74) is 1.33. The smallest absolute Gasteiger partial charge is 0.337 e. The van der Waals surface area contributed by atoms with Gasteiger partial charge in [0.1, 0.15) is 0 Å². The molecule has 2 unspecified atom stereocenters. The number of aromatic carboxylic acids is 1. The lowest BCUT2D eigenvalue weighted by Gasteiger charge is -2.36. The van der Waals surface area contributed by atoms with Gasteiger partial charge in [0.15, 0.2) is 0 Å². The summed E-state index contributed by atoms with van der Waals surface area (Å²) in [5, 5.41) is 12.0. The number of anilines is 1. The van der Waals surface area contributed by atoms with Gasteiger partial charge in [-0.25, -0.2) is 9.59 Å². The van der Waals surface area contributed by atoms with Crippen LogP contribution < -0.4 is 5.32 Å². The van der Waals surface area contributed by atoms with Crippen LogP contribution in [0.2, 0.25) is 0 Å². The Balaban J connectivity index is 2.17. The quantitative estimate of drug-likeness (QED) is 0.877. The normalized spacial score (nSPS) is 22.0. The third-order valence-electron chi connectivity index (χ3n) is 4.03. The fourth-order valence-electron chi connectivity index (χ4n) is 2.70. The number of aryl methyl sites for hydroxylation is 1. The molecule has 2 rings (SSSR count). The summed E-state index contributed by atoms with van der Waals surface area (Å²) < 4.78 is 0. The molecule has 0 aliphatic carbocycles. The van der Waals surface area contributed by atoms with Gasteiger partial charge in [-0.05, 0) is 44.7 Å². The Morgan fingerprint density at radius 3 is 2.67 bits per heavy atom. The van der Waals surface area contributed by atoms with E-state index in [1.165, 1.54) is 0 Å². The van der Waals surface area contributed by atoms with Gasteiger partial charge in [0, 0.05) is 12.6 Å². The molecular weight excluding hydrogens is 268 g/mol. The van der Waals surface area contributed by atoms with Crippen molar-refractivity contribution in [3.8, 4) is 0 Å². The fraction of sp³-hybridized carbons (Fsp3) is 0.500. The van der Waals surface area contributed by atoms with Crippen molar-refractivity contribution in [1.82, 2.24) is 4.90 Å². The van der Waals surface area contributed by atoms with Crippen molar-refractivity contribution in [2.24, 2.45) is 5.92 Å². The number of urea groups is 1. The second kappa shape index (κ2) is 6.16. The van der Waals surface area contributed by atoms with Crippen LogP contribution in [0.3, 0.4) is 0 Å². The van der Waals surface area contributed by atoms with Crippen LogP contribution in [0.5, 0.6) is 0 Å². The Kier molecular flexibility index (Phi) is 4.50. The zero-order valence-electron chi connectivity index (χ0n) is 12.7. The van der Waals surface area contributed by atoms with Gasteiger partial charge < -0.3 is 15.3 Å². The highest BCUT2D eigenvalue weighted by molar-refractivity contribution is 6.00. The summed E-state index contributed by atoms with van der Waals surface area (Å²) in [4.78, 5) is 25.5. The second-order valence-electron chi connectivity index (χ2n) is 5.97. The van der Waals surface area contributed by atoms with Gasteiger partial charge in [-0.2, -0.15) is 0 Å². The van der Waals surface area contributed by atoms with E-state index in [-0.39, 0.29) is 17.6 Å². The number of hydrogen-bond acceptors (Lipinski definition) is 2. The van der Waals surface area contributed by atoms with Gasteiger partial charge in [0.05, 0.1) is 11.3 Å². The summed E-state index contributed by atoms with van der Waals surface area (Å²) in [7, 11) is 0. The highest BCUT2D eigenvalue weighted by Crippen LogP contribution is 2.23. The number of carboxylic acids is 1. The minimum absolute atomic E-state index is 0.126. The number of carbonyl (C=O) groups is 2. The van der Waals surface area contributed by atoms with Crippen LogP contribution in [-0.2, 0) is 0 Å². The number of rotatable bonds is 2. The van der Waals surface area contributed by atoms with E-state index < -0.39 is 5.97 Å². The van der Waals surface area contributed by atoms with E-state index >= 15 is 0 Å². The molecule has 21 heavy (non-hydrogen) atoms. The topological polar surface area (TPSA) is 69.6 Å². The first kappa shape index (κ1) is 15.4. The monoisotopic (exact) mass is 290 g/mol. The predicted octanol–water partition coefficient (Wildman–Crippen LogP) is 3.35. The van der Waals surface area contributed by atoms with Gasteiger partial charge >= 0.3 is 12.0 Å². The maximum atomic E-state index is 12.4. The Morgan fingerprint density at radius 2 is 2.00 bits per heavy atom. The highest BCUT2D eigenvalue weighted by atomic mass is 16.4. The Labute approximate surface area is 125 Å². The van der Waals surface area contributed by atoms with Crippen molar-refractivity contribution in [2.45, 2.75) is 39.7 Å². The Morgan fingerprint density at radius 1 is 1.29 bits per heavy atom. The van der Waals surface area contributed by atoms with Gasteiger partial charge in [0.2, 0.25) is 0 Å². The number of likely N-dealkylation sites (tertiary alicyclic amines) is 1. The molecule has 0 spiro atoms. The van der Waals surface area contributed by atoms with Gasteiger partial charge in [0.25, 0.3) is 0 Å². The zero-order chi connectivity index (χ0) is 15.6. The van der Waals surface area contributed by atoms with Crippen molar-refractivity contribution in [3.05, 3.63) is 29.3 Å². The SMILES string of the molecule is Cc1ccc(NC(=O)N2CC(C)CCC2C)c(C(=O)O)c1. The molecule has 1 fully saturated rings. The van der Waals surface area contributed by atoms with E-state index in [2.05, 4.69) is 12.2 Å². The summed E-state index contributed by atoms with van der Waals surface area (Å²) in [6.45, 7) is 6.69. The zero-order valence-corrected chi connectivity index (χ0v) is 12.7. The first-order valence-corrected chi connectivity index (χ1v) is 7.30. The molecule has 1 aliphatic heterocycles. The highest BCUT2D eigenvalue weighted by Gasteiger charge is 2.27. The van der Waals surface area contributed by atoms with E-state index in [4.69, 9.17) is 0 Å². The van der Waals surface area contributed by atoms with Crippen molar-refractivity contribution < 1.29 is 14.7 Å². The first-order chi connectivity index (χ1) is 9.88. The Hall–Kier alpha value is -2.04. The van der Waals surface area contributed by atoms with Gasteiger partial charge in [-0.3, -0.25) is 0 Å². The molecule has 5 heteroatoms. The third kappa shape index (κ3) is 3.54. The van der Waals surface area contributed by atoms with Crippen molar-refractivity contribution in [2.75, 3.05) is 11.9 Å². The van der Waals surface area contributed by atoms with Crippen molar-refractivity contribution in [3.63, 3.8) is 0 Å². The lowest BCUT2D eigenvalue weighted by molar-refractivity contribution is 0.0698. The molecule has 114 valence electrons. The molecule has 1 heterocycles. The predicted molar refractivity (Wildman–Crippen MR) is 81.7 cm³/mol. The lowest BCUT2D eigenvalue weighted by Crippen LogP contribution is -2.47. The van der Waals surface area contributed by atoms with E-state index in [1.54, 1.807) is 23.1 Å². The molecule has 5 nitrogen and oxygen atoms in total. The van der Waals surface area contributed by atoms with Gasteiger partial charge in [-0.1, -0.05) is 18.6 Å². The number of carbonyl (C=O) groups excluding carboxylic acids is 1. The summed E-state index contributed by atoms with van der Waals surface area (Å²) >= 11 is 0. The minimum Gasteiger partial charge on any atom is -0.478 e.